The minimum atomic E-state index is -4.09. The van der Waals surface area contributed by atoms with Crippen LogP contribution in [0.25, 0.3) is 0 Å². The average Bonchev–Trinajstić information content (AvgIpc) is 3.37. The maximum Gasteiger partial charge on any atom is 0.244 e. The van der Waals surface area contributed by atoms with Crippen LogP contribution in [0.5, 0.6) is 11.5 Å². The second kappa shape index (κ2) is 9.54. The summed E-state index contributed by atoms with van der Waals surface area (Å²) in [5, 5.41) is 2.70. The smallest absolute Gasteiger partial charge is 0.244 e. The number of nitrogens with one attached hydrogen (secondary N) is 1. The standard InChI is InChI=1S/C24H23N3O7S2/c28-24(25-18-11-12-22-23(15-18)34-17-33-22)21-16-26(35(29,30)19-7-3-1-4-8-19)13-14-27(21)36(31,32)20-9-5-2-6-10-20/h1-12,15,21H,13-14,16-17H2,(H,25,28)/t21-/m1/s1. The van der Waals surface area contributed by atoms with Gasteiger partial charge in [-0.2, -0.15) is 8.61 Å². The summed E-state index contributed by atoms with van der Waals surface area (Å²) in [6.45, 7) is -0.579. The first kappa shape index (κ1) is 24.3. The summed E-state index contributed by atoms with van der Waals surface area (Å²) in [6.07, 6.45) is 0. The van der Waals surface area contributed by atoms with Crippen molar-refractivity contribution < 1.29 is 31.1 Å². The largest absolute Gasteiger partial charge is 0.454 e. The zero-order valence-electron chi connectivity index (χ0n) is 19.0. The van der Waals surface area contributed by atoms with Gasteiger partial charge in [0, 0.05) is 31.4 Å². The van der Waals surface area contributed by atoms with Crippen LogP contribution in [-0.2, 0) is 24.8 Å². The van der Waals surface area contributed by atoms with E-state index in [0.717, 1.165) is 8.61 Å². The molecule has 188 valence electrons. The van der Waals surface area contributed by atoms with Gasteiger partial charge in [0.15, 0.2) is 11.5 Å². The van der Waals surface area contributed by atoms with Crippen molar-refractivity contribution in [1.29, 1.82) is 0 Å². The van der Waals surface area contributed by atoms with Crippen LogP contribution in [0.1, 0.15) is 0 Å². The van der Waals surface area contributed by atoms with E-state index in [-0.39, 0.29) is 36.2 Å². The highest BCUT2D eigenvalue weighted by Gasteiger charge is 2.43. The number of sulfonamides is 2. The SMILES string of the molecule is O=C(Nc1ccc2c(c1)OCO2)[C@H]1CN(S(=O)(=O)c2ccccc2)CCN1S(=O)(=O)c1ccccc1. The highest BCUT2D eigenvalue weighted by Crippen LogP contribution is 2.34. The van der Waals surface area contributed by atoms with E-state index in [0.29, 0.717) is 17.2 Å². The van der Waals surface area contributed by atoms with E-state index >= 15 is 0 Å². The van der Waals surface area contributed by atoms with Gasteiger partial charge in [0.2, 0.25) is 32.7 Å². The van der Waals surface area contributed by atoms with Crippen molar-refractivity contribution in [3.63, 3.8) is 0 Å². The van der Waals surface area contributed by atoms with E-state index in [1.165, 1.54) is 24.3 Å². The number of anilines is 1. The number of amides is 1. The highest BCUT2D eigenvalue weighted by atomic mass is 32.2. The van der Waals surface area contributed by atoms with Crippen LogP contribution in [0.15, 0.2) is 88.7 Å². The molecule has 2 aliphatic rings. The van der Waals surface area contributed by atoms with Crippen LogP contribution >= 0.6 is 0 Å². The van der Waals surface area contributed by atoms with Gasteiger partial charge < -0.3 is 14.8 Å². The van der Waals surface area contributed by atoms with Crippen LogP contribution in [-0.4, -0.2) is 63.8 Å². The fourth-order valence-electron chi connectivity index (χ4n) is 4.13. The molecular weight excluding hydrogens is 506 g/mol. The van der Waals surface area contributed by atoms with Crippen molar-refractivity contribution in [2.45, 2.75) is 15.8 Å². The van der Waals surface area contributed by atoms with Gasteiger partial charge in [0.1, 0.15) is 6.04 Å². The fraction of sp³-hybridized carbons (Fsp3) is 0.208. The molecule has 12 heteroatoms. The maximum atomic E-state index is 13.5. The molecule has 36 heavy (non-hydrogen) atoms. The Kier molecular flexibility index (Phi) is 6.43. The van der Waals surface area contributed by atoms with Crippen molar-refractivity contribution in [3.05, 3.63) is 78.9 Å². The molecule has 5 rings (SSSR count). The first-order valence-electron chi connectivity index (χ1n) is 11.1. The van der Waals surface area contributed by atoms with E-state index in [2.05, 4.69) is 5.32 Å². The van der Waals surface area contributed by atoms with Crippen LogP contribution < -0.4 is 14.8 Å². The van der Waals surface area contributed by atoms with Crippen molar-refractivity contribution in [2.75, 3.05) is 31.7 Å². The molecule has 0 unspecified atom stereocenters. The molecule has 1 fully saturated rings. The average molecular weight is 530 g/mol. The summed E-state index contributed by atoms with van der Waals surface area (Å²) in [5.74, 6) is 0.305. The molecule has 2 heterocycles. The highest BCUT2D eigenvalue weighted by molar-refractivity contribution is 7.89. The van der Waals surface area contributed by atoms with E-state index in [1.54, 1.807) is 54.6 Å². The first-order valence-corrected chi connectivity index (χ1v) is 14.0. The molecule has 3 aromatic rings. The van der Waals surface area contributed by atoms with E-state index in [9.17, 15) is 21.6 Å². The van der Waals surface area contributed by atoms with Crippen molar-refractivity contribution >= 4 is 31.6 Å². The molecule has 3 aromatic carbocycles. The minimum absolute atomic E-state index is 0.0187. The van der Waals surface area contributed by atoms with Gasteiger partial charge in [0.05, 0.1) is 9.79 Å². The number of benzene rings is 3. The monoisotopic (exact) mass is 529 g/mol. The molecule has 1 amide bonds. The number of hydrogen-bond donors (Lipinski definition) is 1. The quantitative estimate of drug-likeness (QED) is 0.519. The predicted octanol–water partition coefficient (Wildman–Crippen LogP) is 2.12. The summed E-state index contributed by atoms with van der Waals surface area (Å²) < 4.78 is 66.3. The van der Waals surface area contributed by atoms with Crippen molar-refractivity contribution in [1.82, 2.24) is 8.61 Å². The Morgan fingerprint density at radius 1 is 0.778 bits per heavy atom. The van der Waals surface area contributed by atoms with Gasteiger partial charge in [-0.05, 0) is 36.4 Å². The Morgan fingerprint density at radius 3 is 2.06 bits per heavy atom. The first-order chi connectivity index (χ1) is 17.3. The summed E-state index contributed by atoms with van der Waals surface area (Å²) in [7, 11) is -8.03. The number of carbonyl (C=O) groups is 1. The van der Waals surface area contributed by atoms with Crippen molar-refractivity contribution in [3.8, 4) is 11.5 Å². The molecule has 10 nitrogen and oxygen atoms in total. The zero-order valence-corrected chi connectivity index (χ0v) is 20.6. The van der Waals surface area contributed by atoms with Crippen LogP contribution in [0, 0.1) is 0 Å². The predicted molar refractivity (Wildman–Crippen MR) is 131 cm³/mol. The Hall–Kier alpha value is -3.45. The van der Waals surface area contributed by atoms with Gasteiger partial charge in [-0.3, -0.25) is 4.79 Å². The van der Waals surface area contributed by atoms with Crippen LogP contribution in [0.4, 0.5) is 5.69 Å². The van der Waals surface area contributed by atoms with Gasteiger partial charge in [0.25, 0.3) is 0 Å². The van der Waals surface area contributed by atoms with Crippen molar-refractivity contribution in [2.24, 2.45) is 0 Å². The topological polar surface area (TPSA) is 122 Å². The summed E-state index contributed by atoms with van der Waals surface area (Å²) in [5.41, 5.74) is 0.365. The molecule has 0 spiro atoms. The lowest BCUT2D eigenvalue weighted by Crippen LogP contribution is -2.60. The van der Waals surface area contributed by atoms with Gasteiger partial charge >= 0.3 is 0 Å². The van der Waals surface area contributed by atoms with Gasteiger partial charge in [-0.15, -0.1) is 0 Å². The lowest BCUT2D eigenvalue weighted by Gasteiger charge is -2.38. The third-order valence-electron chi connectivity index (χ3n) is 5.97. The Bertz CT molecular complexity index is 1480. The number of ether oxygens (including phenoxy) is 2. The third kappa shape index (κ3) is 4.55. The number of hydrogen-bond acceptors (Lipinski definition) is 7. The molecule has 0 aliphatic carbocycles. The second-order valence-electron chi connectivity index (χ2n) is 8.18. The Balaban J connectivity index is 1.47. The van der Waals surface area contributed by atoms with Crippen LogP contribution in [0.2, 0.25) is 0 Å². The van der Waals surface area contributed by atoms with Crippen LogP contribution in [0.3, 0.4) is 0 Å². The number of rotatable bonds is 6. The fourth-order valence-corrected chi connectivity index (χ4v) is 7.18. The molecular formula is C24H23N3O7S2. The zero-order chi connectivity index (χ0) is 25.3. The normalized spacial score (nSPS) is 18.6. The number of fused-ring (bicyclic) bond motifs is 1. The number of carbonyl (C=O) groups excluding carboxylic acids is 1. The van der Waals surface area contributed by atoms with E-state index < -0.39 is 32.0 Å². The molecule has 0 radical (unpaired) electrons. The summed E-state index contributed by atoms with van der Waals surface area (Å²) in [6, 6.07) is 19.1. The Morgan fingerprint density at radius 2 is 1.39 bits per heavy atom. The molecule has 0 aromatic heterocycles. The van der Waals surface area contributed by atoms with Gasteiger partial charge in [-0.25, -0.2) is 16.8 Å². The molecule has 0 bridgehead atoms. The summed E-state index contributed by atoms with van der Waals surface area (Å²) >= 11 is 0. The van der Waals surface area contributed by atoms with E-state index in [4.69, 9.17) is 9.47 Å². The molecule has 0 saturated carbocycles. The maximum absolute atomic E-state index is 13.5. The minimum Gasteiger partial charge on any atom is -0.454 e. The molecule has 1 saturated heterocycles. The lowest BCUT2D eigenvalue weighted by atomic mass is 10.2. The summed E-state index contributed by atoms with van der Waals surface area (Å²) in [4.78, 5) is 13.5. The number of piperazine rings is 1. The molecule has 1 N–H and O–H groups in total. The molecule has 1 atom stereocenters. The second-order valence-corrected chi connectivity index (χ2v) is 12.0. The van der Waals surface area contributed by atoms with E-state index in [1.807, 2.05) is 0 Å². The van der Waals surface area contributed by atoms with Gasteiger partial charge in [-0.1, -0.05) is 36.4 Å². The lowest BCUT2D eigenvalue weighted by molar-refractivity contribution is -0.120. The Labute approximate surface area is 209 Å². The molecule has 2 aliphatic heterocycles. The number of nitrogens with zero attached hydrogens (tertiary/aromatic N) is 2. The third-order valence-corrected chi connectivity index (χ3v) is 9.77.